The van der Waals surface area contributed by atoms with Gasteiger partial charge >= 0.3 is 0 Å². The summed E-state index contributed by atoms with van der Waals surface area (Å²) < 4.78 is 1.96. The summed E-state index contributed by atoms with van der Waals surface area (Å²) in [4.78, 5) is 14.9. The van der Waals surface area contributed by atoms with E-state index in [1.165, 1.54) is 44.1 Å². The van der Waals surface area contributed by atoms with Crippen LogP contribution in [0.15, 0.2) is 6.20 Å². The topological polar surface area (TPSA) is 38.1 Å². The van der Waals surface area contributed by atoms with Gasteiger partial charge in [0.1, 0.15) is 0 Å². The maximum atomic E-state index is 12.9. The zero-order valence-electron chi connectivity index (χ0n) is 15.4. The van der Waals surface area contributed by atoms with Crippen molar-refractivity contribution in [3.63, 3.8) is 0 Å². The molecule has 0 atom stereocenters. The first-order chi connectivity index (χ1) is 11.5. The van der Waals surface area contributed by atoms with Gasteiger partial charge in [-0.15, -0.1) is 0 Å². The summed E-state index contributed by atoms with van der Waals surface area (Å²) in [6.45, 7) is 5.71. The Balaban J connectivity index is 1.41. The third-order valence-corrected chi connectivity index (χ3v) is 6.90. The molecule has 1 aromatic heterocycles. The summed E-state index contributed by atoms with van der Waals surface area (Å²) in [5.41, 5.74) is 2.56. The smallest absolute Gasteiger partial charge is 0.223 e. The van der Waals surface area contributed by atoms with Crippen molar-refractivity contribution in [1.82, 2.24) is 14.7 Å². The highest BCUT2D eigenvalue weighted by molar-refractivity contribution is 5.76. The number of aromatic nitrogens is 2. The van der Waals surface area contributed by atoms with Crippen LogP contribution in [0.25, 0.3) is 0 Å². The Morgan fingerprint density at radius 1 is 1.25 bits per heavy atom. The monoisotopic (exact) mass is 329 g/mol. The molecule has 0 N–H and O–H groups in total. The molecule has 4 saturated carbocycles. The molecular formula is C20H31N3O. The number of hydrogen-bond donors (Lipinski definition) is 0. The zero-order chi connectivity index (χ0) is 16.9. The Kier molecular flexibility index (Phi) is 3.97. The van der Waals surface area contributed by atoms with E-state index in [2.05, 4.69) is 18.2 Å². The van der Waals surface area contributed by atoms with Crippen molar-refractivity contribution in [3.05, 3.63) is 17.5 Å². The summed E-state index contributed by atoms with van der Waals surface area (Å²) >= 11 is 0. The van der Waals surface area contributed by atoms with Gasteiger partial charge in [-0.05, 0) is 75.5 Å². The molecule has 0 radical (unpaired) electrons. The summed E-state index contributed by atoms with van der Waals surface area (Å²) in [6, 6.07) is 0. The molecule has 0 aliphatic heterocycles. The lowest BCUT2D eigenvalue weighted by molar-refractivity contribution is -0.138. The molecule has 0 aromatic carbocycles. The van der Waals surface area contributed by atoms with Gasteiger partial charge < -0.3 is 4.90 Å². The minimum atomic E-state index is 0.334. The zero-order valence-corrected chi connectivity index (χ0v) is 15.4. The van der Waals surface area contributed by atoms with Crippen LogP contribution in [0.1, 0.15) is 63.1 Å². The van der Waals surface area contributed by atoms with Gasteiger partial charge in [0.25, 0.3) is 0 Å². The summed E-state index contributed by atoms with van der Waals surface area (Å²) in [6.07, 6.45) is 11.1. The molecule has 1 heterocycles. The quantitative estimate of drug-likeness (QED) is 0.824. The van der Waals surface area contributed by atoms with Crippen molar-refractivity contribution in [2.24, 2.45) is 23.2 Å². The van der Waals surface area contributed by atoms with Crippen molar-refractivity contribution in [3.8, 4) is 0 Å². The normalized spacial score (nSPS) is 33.9. The lowest BCUT2D eigenvalue weighted by atomic mass is 9.49. The fraction of sp³-hybridized carbons (Fsp3) is 0.800. The van der Waals surface area contributed by atoms with Gasteiger partial charge in [0.2, 0.25) is 5.91 Å². The van der Waals surface area contributed by atoms with Crippen molar-refractivity contribution in [2.75, 3.05) is 7.05 Å². The summed E-state index contributed by atoms with van der Waals surface area (Å²) in [5, 5.41) is 4.50. The van der Waals surface area contributed by atoms with Gasteiger partial charge in [-0.25, -0.2) is 0 Å². The maximum absolute atomic E-state index is 12.9. The molecule has 4 nitrogen and oxygen atoms in total. The highest BCUT2D eigenvalue weighted by atomic mass is 16.2. The van der Waals surface area contributed by atoms with E-state index in [1.807, 2.05) is 23.6 Å². The molecule has 4 fully saturated rings. The second kappa shape index (κ2) is 5.89. The first-order valence-corrected chi connectivity index (χ1v) is 9.73. The lowest BCUT2D eigenvalue weighted by Gasteiger charge is -2.56. The SMILES string of the molecule is CCn1cc(CN(C)C(=O)CC23CC4CC(CC(C4)C2)C3)c(C)n1. The second-order valence-corrected chi connectivity index (χ2v) is 8.94. The van der Waals surface area contributed by atoms with E-state index in [4.69, 9.17) is 0 Å². The number of carbonyl (C=O) groups is 1. The number of nitrogens with zero attached hydrogens (tertiary/aromatic N) is 3. The first-order valence-electron chi connectivity index (χ1n) is 9.73. The van der Waals surface area contributed by atoms with E-state index >= 15 is 0 Å². The van der Waals surface area contributed by atoms with Crippen LogP contribution in [0, 0.1) is 30.1 Å². The largest absolute Gasteiger partial charge is 0.341 e. The fourth-order valence-corrected chi connectivity index (χ4v) is 6.18. The van der Waals surface area contributed by atoms with E-state index in [0.717, 1.165) is 36.4 Å². The van der Waals surface area contributed by atoms with Crippen LogP contribution in [0.2, 0.25) is 0 Å². The number of rotatable bonds is 5. The van der Waals surface area contributed by atoms with Gasteiger partial charge in [-0.1, -0.05) is 0 Å². The predicted molar refractivity (Wildman–Crippen MR) is 94.3 cm³/mol. The molecule has 4 aliphatic rings. The minimum Gasteiger partial charge on any atom is -0.341 e. The van der Waals surface area contributed by atoms with E-state index in [0.29, 0.717) is 17.9 Å². The van der Waals surface area contributed by atoms with Crippen LogP contribution >= 0.6 is 0 Å². The third kappa shape index (κ3) is 2.89. The molecular weight excluding hydrogens is 298 g/mol. The highest BCUT2D eigenvalue weighted by Gasteiger charge is 2.51. The summed E-state index contributed by atoms with van der Waals surface area (Å²) in [7, 11) is 1.96. The van der Waals surface area contributed by atoms with Gasteiger partial charge in [0.15, 0.2) is 0 Å². The molecule has 1 aromatic rings. The van der Waals surface area contributed by atoms with Gasteiger partial charge in [-0.2, -0.15) is 5.10 Å². The lowest BCUT2D eigenvalue weighted by Crippen LogP contribution is -2.48. The van der Waals surface area contributed by atoms with E-state index < -0.39 is 0 Å². The summed E-state index contributed by atoms with van der Waals surface area (Å²) in [5.74, 6) is 3.08. The van der Waals surface area contributed by atoms with Crippen LogP contribution in [-0.4, -0.2) is 27.6 Å². The average molecular weight is 329 g/mol. The van der Waals surface area contributed by atoms with Crippen molar-refractivity contribution in [2.45, 2.75) is 71.9 Å². The van der Waals surface area contributed by atoms with Crippen molar-refractivity contribution in [1.29, 1.82) is 0 Å². The molecule has 0 saturated heterocycles. The Morgan fingerprint density at radius 2 is 1.83 bits per heavy atom. The van der Waals surface area contributed by atoms with E-state index in [1.54, 1.807) is 0 Å². The molecule has 4 heteroatoms. The highest BCUT2D eigenvalue weighted by Crippen LogP contribution is 2.61. The first kappa shape index (κ1) is 16.2. The fourth-order valence-electron chi connectivity index (χ4n) is 6.18. The molecule has 0 unspecified atom stereocenters. The van der Waals surface area contributed by atoms with Crippen molar-refractivity contribution < 1.29 is 4.79 Å². The Labute approximate surface area is 145 Å². The Hall–Kier alpha value is -1.32. The third-order valence-electron chi connectivity index (χ3n) is 6.90. The van der Waals surface area contributed by atoms with Crippen LogP contribution in [0.3, 0.4) is 0 Å². The molecule has 0 spiro atoms. The van der Waals surface area contributed by atoms with Gasteiger partial charge in [0.05, 0.1) is 5.69 Å². The number of aryl methyl sites for hydroxylation is 2. The van der Waals surface area contributed by atoms with E-state index in [-0.39, 0.29) is 0 Å². The molecule has 1 amide bonds. The number of hydrogen-bond acceptors (Lipinski definition) is 2. The van der Waals surface area contributed by atoms with Crippen LogP contribution in [-0.2, 0) is 17.9 Å². The Morgan fingerprint density at radius 3 is 2.33 bits per heavy atom. The minimum absolute atomic E-state index is 0.334. The van der Waals surface area contributed by atoms with Gasteiger partial charge in [0, 0.05) is 38.3 Å². The second-order valence-electron chi connectivity index (χ2n) is 8.94. The molecule has 132 valence electrons. The average Bonchev–Trinajstić information content (AvgIpc) is 2.85. The molecule has 4 aliphatic carbocycles. The van der Waals surface area contributed by atoms with E-state index in [9.17, 15) is 4.79 Å². The predicted octanol–water partition coefficient (Wildman–Crippen LogP) is 3.78. The van der Waals surface area contributed by atoms with Gasteiger partial charge in [-0.3, -0.25) is 9.48 Å². The number of carbonyl (C=O) groups excluding carboxylic acids is 1. The van der Waals surface area contributed by atoms with Crippen LogP contribution in [0.4, 0.5) is 0 Å². The number of amides is 1. The van der Waals surface area contributed by atoms with Crippen LogP contribution in [0.5, 0.6) is 0 Å². The van der Waals surface area contributed by atoms with Crippen LogP contribution < -0.4 is 0 Å². The molecule has 5 rings (SSSR count). The maximum Gasteiger partial charge on any atom is 0.223 e. The Bertz CT molecular complexity index is 598. The van der Waals surface area contributed by atoms with Crippen molar-refractivity contribution >= 4 is 5.91 Å². The standard InChI is InChI=1S/C20H31N3O/c1-4-23-13-18(14(2)21-23)12-22(3)19(24)11-20-8-15-5-16(9-20)7-17(6-15)10-20/h13,15-17H,4-12H2,1-3H3. The molecule has 24 heavy (non-hydrogen) atoms. The molecule has 4 bridgehead atoms.